The molecule has 0 N–H and O–H groups in total. The Balaban J connectivity index is 1.75. The fraction of sp³-hybridized carbons (Fsp3) is 0.450. The monoisotopic (exact) mass is 456 g/mol. The number of ether oxygens (including phenoxy) is 3. The number of rotatable bonds is 5. The summed E-state index contributed by atoms with van der Waals surface area (Å²) < 4.78 is 55.1. The van der Waals surface area contributed by atoms with Crippen molar-refractivity contribution in [1.82, 2.24) is 19.8 Å². The fourth-order valence-electron chi connectivity index (χ4n) is 3.66. The van der Waals surface area contributed by atoms with E-state index in [4.69, 9.17) is 21.1 Å². The van der Waals surface area contributed by atoms with E-state index in [2.05, 4.69) is 33.9 Å². The maximum atomic E-state index is 12.6. The standard InChI is InChI=1S/C20H20ClF3N4O3/c1-3-8-19(4-2)10-29-14-15(30-11-19)18-26-25-17(28(18)27-16(14)21)12-6-5-7-13(9-12)31-20(22,23)24/h5-7,9H,3-4,8,10-11H2,1-2H3. The normalized spacial score (nSPS) is 18.8. The number of hydrogen-bond donors (Lipinski definition) is 0. The van der Waals surface area contributed by atoms with Crippen molar-refractivity contribution in [2.45, 2.75) is 39.5 Å². The molecule has 2 aromatic heterocycles. The Morgan fingerprint density at radius 1 is 1.16 bits per heavy atom. The van der Waals surface area contributed by atoms with Crippen LogP contribution in [0.4, 0.5) is 13.2 Å². The zero-order chi connectivity index (χ0) is 22.2. The highest BCUT2D eigenvalue weighted by Crippen LogP contribution is 2.43. The second-order valence-corrected chi connectivity index (χ2v) is 7.82. The summed E-state index contributed by atoms with van der Waals surface area (Å²) in [4.78, 5) is 0. The lowest BCUT2D eigenvalue weighted by atomic mass is 9.82. The highest BCUT2D eigenvalue weighted by atomic mass is 35.5. The first kappa shape index (κ1) is 21.5. The molecular weight excluding hydrogens is 437 g/mol. The van der Waals surface area contributed by atoms with Crippen LogP contribution in [0.25, 0.3) is 17.0 Å². The molecule has 166 valence electrons. The molecule has 3 heterocycles. The van der Waals surface area contributed by atoms with E-state index < -0.39 is 6.36 Å². The van der Waals surface area contributed by atoms with Crippen LogP contribution in [-0.4, -0.2) is 39.4 Å². The van der Waals surface area contributed by atoms with Crippen molar-refractivity contribution >= 4 is 17.2 Å². The number of benzene rings is 1. The summed E-state index contributed by atoms with van der Waals surface area (Å²) in [5.74, 6) is 0.409. The van der Waals surface area contributed by atoms with Crippen molar-refractivity contribution < 1.29 is 27.4 Å². The Kier molecular flexibility index (Phi) is 5.59. The third kappa shape index (κ3) is 4.21. The van der Waals surface area contributed by atoms with Gasteiger partial charge >= 0.3 is 6.36 Å². The molecule has 0 fully saturated rings. The average Bonchev–Trinajstić information content (AvgIpc) is 3.03. The highest BCUT2D eigenvalue weighted by molar-refractivity contribution is 6.31. The number of alkyl halides is 3. The molecule has 0 saturated carbocycles. The van der Waals surface area contributed by atoms with E-state index in [-0.39, 0.29) is 33.5 Å². The van der Waals surface area contributed by atoms with E-state index >= 15 is 0 Å². The molecule has 1 aromatic carbocycles. The number of fused-ring (bicyclic) bond motifs is 3. The van der Waals surface area contributed by atoms with Gasteiger partial charge in [-0.1, -0.05) is 44.0 Å². The van der Waals surface area contributed by atoms with Crippen LogP contribution in [-0.2, 0) is 0 Å². The minimum Gasteiger partial charge on any atom is -0.486 e. The summed E-state index contributed by atoms with van der Waals surface area (Å²) in [6.07, 6.45) is -2.05. The second-order valence-electron chi connectivity index (χ2n) is 7.46. The summed E-state index contributed by atoms with van der Waals surface area (Å²) in [6, 6.07) is 5.39. The molecule has 31 heavy (non-hydrogen) atoms. The van der Waals surface area contributed by atoms with Gasteiger partial charge in [0.1, 0.15) is 5.75 Å². The first-order valence-electron chi connectivity index (χ1n) is 9.82. The van der Waals surface area contributed by atoms with Crippen molar-refractivity contribution in [3.63, 3.8) is 0 Å². The van der Waals surface area contributed by atoms with Gasteiger partial charge in [0.25, 0.3) is 0 Å². The molecule has 0 saturated heterocycles. The van der Waals surface area contributed by atoms with Crippen molar-refractivity contribution in [3.05, 3.63) is 29.4 Å². The molecule has 0 bridgehead atoms. The van der Waals surface area contributed by atoms with Crippen LogP contribution < -0.4 is 14.2 Å². The lowest BCUT2D eigenvalue weighted by Gasteiger charge is -2.29. The van der Waals surface area contributed by atoms with Crippen LogP contribution in [0.2, 0.25) is 5.15 Å². The lowest BCUT2D eigenvalue weighted by molar-refractivity contribution is -0.274. The number of nitrogens with zero attached hydrogens (tertiary/aromatic N) is 4. The van der Waals surface area contributed by atoms with Gasteiger partial charge in [-0.15, -0.1) is 28.5 Å². The first-order chi connectivity index (χ1) is 14.8. The minimum absolute atomic E-state index is 0.0506. The van der Waals surface area contributed by atoms with Crippen molar-refractivity contribution in [3.8, 4) is 28.6 Å². The van der Waals surface area contributed by atoms with Gasteiger partial charge in [-0.3, -0.25) is 0 Å². The van der Waals surface area contributed by atoms with Crippen LogP contribution in [0.15, 0.2) is 24.3 Å². The zero-order valence-electron chi connectivity index (χ0n) is 16.9. The zero-order valence-corrected chi connectivity index (χ0v) is 17.6. The van der Waals surface area contributed by atoms with E-state index in [0.717, 1.165) is 19.3 Å². The highest BCUT2D eigenvalue weighted by Gasteiger charge is 2.36. The molecule has 1 aliphatic rings. The second kappa shape index (κ2) is 8.07. The Morgan fingerprint density at radius 3 is 2.58 bits per heavy atom. The third-order valence-electron chi connectivity index (χ3n) is 5.33. The quantitative estimate of drug-likeness (QED) is 0.518. The van der Waals surface area contributed by atoms with E-state index in [0.29, 0.717) is 24.5 Å². The molecule has 1 aliphatic heterocycles. The Hall–Kier alpha value is -2.75. The van der Waals surface area contributed by atoms with Crippen molar-refractivity contribution in [2.24, 2.45) is 5.41 Å². The molecule has 0 radical (unpaired) electrons. The topological polar surface area (TPSA) is 70.8 Å². The van der Waals surface area contributed by atoms with Gasteiger partial charge in [0.2, 0.25) is 17.1 Å². The molecule has 3 aromatic rings. The molecule has 4 rings (SSSR count). The molecule has 11 heteroatoms. The minimum atomic E-state index is -4.81. The average molecular weight is 457 g/mol. The number of aromatic nitrogens is 4. The summed E-state index contributed by atoms with van der Waals surface area (Å²) in [5, 5.41) is 12.6. The number of halogens is 4. The van der Waals surface area contributed by atoms with E-state index in [1.165, 1.54) is 22.7 Å². The largest absolute Gasteiger partial charge is 0.573 e. The summed E-state index contributed by atoms with van der Waals surface area (Å²) in [5.41, 5.74) is 0.418. The predicted octanol–water partition coefficient (Wildman–Crippen LogP) is 5.31. The van der Waals surface area contributed by atoms with Crippen LogP contribution >= 0.6 is 11.6 Å². The molecule has 7 nitrogen and oxygen atoms in total. The maximum absolute atomic E-state index is 12.6. The van der Waals surface area contributed by atoms with Crippen LogP contribution in [0.1, 0.15) is 33.1 Å². The van der Waals surface area contributed by atoms with Gasteiger partial charge in [0.15, 0.2) is 11.0 Å². The summed E-state index contributed by atoms with van der Waals surface area (Å²) in [7, 11) is 0. The summed E-state index contributed by atoms with van der Waals surface area (Å²) in [6.45, 7) is 5.03. The van der Waals surface area contributed by atoms with Gasteiger partial charge in [-0.2, -0.15) is 4.52 Å². The maximum Gasteiger partial charge on any atom is 0.573 e. The SMILES string of the molecule is CCCC1(CC)COc2c(Cl)nn3c(-c4cccc(OC(F)(F)F)c4)nnc3c2OC1. The van der Waals surface area contributed by atoms with E-state index in [1.54, 1.807) is 6.07 Å². The summed E-state index contributed by atoms with van der Waals surface area (Å²) >= 11 is 6.38. The fourth-order valence-corrected chi connectivity index (χ4v) is 3.88. The van der Waals surface area contributed by atoms with Crippen molar-refractivity contribution in [1.29, 1.82) is 0 Å². The predicted molar refractivity (Wildman–Crippen MR) is 107 cm³/mol. The molecule has 0 aliphatic carbocycles. The van der Waals surface area contributed by atoms with Gasteiger partial charge in [0, 0.05) is 11.0 Å². The third-order valence-corrected chi connectivity index (χ3v) is 5.57. The van der Waals surface area contributed by atoms with Gasteiger partial charge in [-0.25, -0.2) is 0 Å². The van der Waals surface area contributed by atoms with Gasteiger partial charge in [0.05, 0.1) is 13.2 Å². The van der Waals surface area contributed by atoms with Gasteiger partial charge in [-0.05, 0) is 25.0 Å². The molecule has 0 spiro atoms. The lowest BCUT2D eigenvalue weighted by Crippen LogP contribution is -2.32. The molecule has 1 atom stereocenters. The van der Waals surface area contributed by atoms with Gasteiger partial charge < -0.3 is 14.2 Å². The van der Waals surface area contributed by atoms with Crippen molar-refractivity contribution in [2.75, 3.05) is 13.2 Å². The smallest absolute Gasteiger partial charge is 0.486 e. The van der Waals surface area contributed by atoms with Crippen LogP contribution in [0, 0.1) is 5.41 Å². The van der Waals surface area contributed by atoms with Crippen LogP contribution in [0.3, 0.4) is 0 Å². The van der Waals surface area contributed by atoms with Crippen LogP contribution in [0.5, 0.6) is 17.2 Å². The molecule has 0 amide bonds. The Labute approximate surface area is 181 Å². The van der Waals surface area contributed by atoms with E-state index in [1.807, 2.05) is 0 Å². The Bertz CT molecular complexity index is 1110. The first-order valence-corrected chi connectivity index (χ1v) is 10.2. The molecule has 1 unspecified atom stereocenters. The Morgan fingerprint density at radius 2 is 1.90 bits per heavy atom. The number of hydrogen-bond acceptors (Lipinski definition) is 6. The van der Waals surface area contributed by atoms with E-state index in [9.17, 15) is 13.2 Å². The molecular formula is C20H20ClF3N4O3.